The zero-order chi connectivity index (χ0) is 13.2. The number of nitro groups is 1. The van der Waals surface area contributed by atoms with Gasteiger partial charge in [-0.15, -0.1) is 0 Å². The molecule has 6 heteroatoms. The van der Waals surface area contributed by atoms with Gasteiger partial charge in [0.2, 0.25) is 0 Å². The van der Waals surface area contributed by atoms with E-state index in [-0.39, 0.29) is 11.6 Å². The Bertz CT molecular complexity index is 434. The van der Waals surface area contributed by atoms with E-state index in [1.165, 1.54) is 24.3 Å². The van der Waals surface area contributed by atoms with Crippen LogP contribution in [0.1, 0.15) is 31.1 Å². The van der Waals surface area contributed by atoms with Gasteiger partial charge in [-0.05, 0) is 32.9 Å². The number of nitrogens with zero attached hydrogens (tertiary/aromatic N) is 2. The summed E-state index contributed by atoms with van der Waals surface area (Å²) in [5, 5.41) is 11.6. The highest BCUT2D eigenvalue weighted by molar-refractivity contribution is 5.94. The van der Waals surface area contributed by atoms with Gasteiger partial charge in [0.1, 0.15) is 0 Å². The molecule has 0 bridgehead atoms. The number of carbonyl (C=O) groups excluding carboxylic acids is 1. The highest BCUT2D eigenvalue weighted by Gasteiger charge is 2.24. The van der Waals surface area contributed by atoms with E-state index in [2.05, 4.69) is 0 Å². The third-order valence-electron chi connectivity index (χ3n) is 2.27. The van der Waals surface area contributed by atoms with Crippen molar-refractivity contribution in [3.63, 3.8) is 0 Å². The van der Waals surface area contributed by atoms with E-state index in [0.717, 1.165) is 5.01 Å². The summed E-state index contributed by atoms with van der Waals surface area (Å²) in [6, 6.07) is 5.35. The van der Waals surface area contributed by atoms with E-state index in [9.17, 15) is 14.9 Å². The summed E-state index contributed by atoms with van der Waals surface area (Å²) in [6.07, 6.45) is 0. The number of rotatable bonds is 2. The van der Waals surface area contributed by atoms with Gasteiger partial charge >= 0.3 is 0 Å². The molecule has 0 atom stereocenters. The smallest absolute Gasteiger partial charge is 0.269 e. The van der Waals surface area contributed by atoms with Crippen molar-refractivity contribution >= 4 is 11.6 Å². The second-order valence-corrected chi connectivity index (χ2v) is 4.65. The van der Waals surface area contributed by atoms with Crippen molar-refractivity contribution < 1.29 is 9.72 Å². The largest absolute Gasteiger partial charge is 0.271 e. The van der Waals surface area contributed by atoms with E-state index in [1.807, 2.05) is 0 Å². The summed E-state index contributed by atoms with van der Waals surface area (Å²) in [7, 11) is 0. The van der Waals surface area contributed by atoms with Gasteiger partial charge in [-0.3, -0.25) is 19.9 Å². The number of nitrogens with two attached hydrogens (primary N) is 1. The Morgan fingerprint density at radius 1 is 1.29 bits per heavy atom. The summed E-state index contributed by atoms with van der Waals surface area (Å²) in [4.78, 5) is 21.8. The molecule has 0 heterocycles. The minimum Gasteiger partial charge on any atom is -0.271 e. The molecule has 0 saturated carbocycles. The molecular weight excluding hydrogens is 222 g/mol. The predicted molar refractivity (Wildman–Crippen MR) is 63.2 cm³/mol. The van der Waals surface area contributed by atoms with Gasteiger partial charge in [0.05, 0.1) is 10.5 Å². The third-order valence-corrected chi connectivity index (χ3v) is 2.27. The summed E-state index contributed by atoms with van der Waals surface area (Å²) in [5.74, 6) is 5.31. The SMILES string of the molecule is CC(C)(C)N(N)C(=O)c1ccc([N+](=O)[O-])cc1. The zero-order valence-electron chi connectivity index (χ0n) is 10.0. The second kappa shape index (κ2) is 4.50. The van der Waals surface area contributed by atoms with Crippen LogP contribution < -0.4 is 5.84 Å². The van der Waals surface area contributed by atoms with Crippen LogP contribution in [0.3, 0.4) is 0 Å². The number of hydrazine groups is 1. The summed E-state index contributed by atoms with van der Waals surface area (Å²) < 4.78 is 0. The normalized spacial score (nSPS) is 11.1. The monoisotopic (exact) mass is 237 g/mol. The molecule has 0 spiro atoms. The quantitative estimate of drug-likeness (QED) is 0.367. The highest BCUT2D eigenvalue weighted by atomic mass is 16.6. The number of nitro benzene ring substituents is 1. The van der Waals surface area contributed by atoms with Gasteiger partial charge in [-0.2, -0.15) is 0 Å². The van der Waals surface area contributed by atoms with Crippen molar-refractivity contribution in [2.24, 2.45) is 5.84 Å². The summed E-state index contributed by atoms with van der Waals surface area (Å²) in [5.41, 5.74) is -0.229. The molecule has 0 radical (unpaired) electrons. The van der Waals surface area contributed by atoms with Crippen LogP contribution in [0.15, 0.2) is 24.3 Å². The van der Waals surface area contributed by atoms with Gasteiger partial charge in [0.25, 0.3) is 11.6 Å². The van der Waals surface area contributed by atoms with Crippen molar-refractivity contribution in [2.75, 3.05) is 0 Å². The van der Waals surface area contributed by atoms with Crippen LogP contribution in [0.5, 0.6) is 0 Å². The fraction of sp³-hybridized carbons (Fsp3) is 0.364. The Morgan fingerprint density at radius 3 is 2.12 bits per heavy atom. The van der Waals surface area contributed by atoms with Gasteiger partial charge < -0.3 is 0 Å². The number of carbonyl (C=O) groups is 1. The van der Waals surface area contributed by atoms with Crippen LogP contribution in [-0.4, -0.2) is 21.4 Å². The van der Waals surface area contributed by atoms with Gasteiger partial charge in [0, 0.05) is 17.7 Å². The Kier molecular flexibility index (Phi) is 3.47. The molecular formula is C11H15N3O3. The first kappa shape index (κ1) is 13.1. The standard InChI is InChI=1S/C11H15N3O3/c1-11(2,3)13(12)10(15)8-4-6-9(7-5-8)14(16)17/h4-7H,12H2,1-3H3. The second-order valence-electron chi connectivity index (χ2n) is 4.65. The van der Waals surface area contributed by atoms with E-state index in [1.54, 1.807) is 20.8 Å². The topological polar surface area (TPSA) is 89.5 Å². The minimum atomic E-state index is -0.516. The average Bonchev–Trinajstić information content (AvgIpc) is 2.26. The maximum absolute atomic E-state index is 11.9. The van der Waals surface area contributed by atoms with E-state index < -0.39 is 10.5 Å². The van der Waals surface area contributed by atoms with Crippen LogP contribution in [-0.2, 0) is 0 Å². The molecule has 0 unspecified atom stereocenters. The highest BCUT2D eigenvalue weighted by Crippen LogP contribution is 2.16. The van der Waals surface area contributed by atoms with Crippen molar-refractivity contribution in [1.82, 2.24) is 5.01 Å². The predicted octanol–water partition coefficient (Wildman–Crippen LogP) is 1.71. The van der Waals surface area contributed by atoms with Crippen LogP contribution in [0.2, 0.25) is 0 Å². The zero-order valence-corrected chi connectivity index (χ0v) is 10.0. The van der Waals surface area contributed by atoms with Crippen molar-refractivity contribution in [1.29, 1.82) is 0 Å². The number of hydrogen-bond acceptors (Lipinski definition) is 4. The molecule has 0 aliphatic heterocycles. The fourth-order valence-corrected chi connectivity index (χ4v) is 1.17. The lowest BCUT2D eigenvalue weighted by atomic mass is 10.1. The maximum atomic E-state index is 11.9. The third kappa shape index (κ3) is 3.01. The van der Waals surface area contributed by atoms with E-state index >= 15 is 0 Å². The first-order valence-corrected chi connectivity index (χ1v) is 5.07. The van der Waals surface area contributed by atoms with Gasteiger partial charge in [-0.25, -0.2) is 5.84 Å². The molecule has 1 aromatic rings. The molecule has 0 aromatic heterocycles. The first-order valence-electron chi connectivity index (χ1n) is 5.07. The van der Waals surface area contributed by atoms with E-state index in [4.69, 9.17) is 5.84 Å². The lowest BCUT2D eigenvalue weighted by Gasteiger charge is -2.31. The Balaban J connectivity index is 2.95. The van der Waals surface area contributed by atoms with Crippen LogP contribution >= 0.6 is 0 Å². The fourth-order valence-electron chi connectivity index (χ4n) is 1.17. The molecule has 1 rings (SSSR count). The molecule has 6 nitrogen and oxygen atoms in total. The molecule has 2 N–H and O–H groups in total. The Morgan fingerprint density at radius 2 is 1.76 bits per heavy atom. The lowest BCUT2D eigenvalue weighted by Crippen LogP contribution is -2.50. The van der Waals surface area contributed by atoms with Crippen LogP contribution in [0.25, 0.3) is 0 Å². The van der Waals surface area contributed by atoms with Crippen molar-refractivity contribution in [3.8, 4) is 0 Å². The minimum absolute atomic E-state index is 0.0547. The molecule has 0 fully saturated rings. The van der Waals surface area contributed by atoms with Crippen LogP contribution in [0, 0.1) is 10.1 Å². The average molecular weight is 237 g/mol. The van der Waals surface area contributed by atoms with Gasteiger partial charge in [-0.1, -0.05) is 0 Å². The molecule has 92 valence electrons. The van der Waals surface area contributed by atoms with E-state index in [0.29, 0.717) is 5.56 Å². The molecule has 0 saturated heterocycles. The number of benzene rings is 1. The summed E-state index contributed by atoms with van der Waals surface area (Å²) >= 11 is 0. The van der Waals surface area contributed by atoms with Crippen molar-refractivity contribution in [3.05, 3.63) is 39.9 Å². The summed E-state index contributed by atoms with van der Waals surface area (Å²) in [6.45, 7) is 5.41. The molecule has 0 aliphatic carbocycles. The van der Waals surface area contributed by atoms with Crippen LogP contribution in [0.4, 0.5) is 5.69 Å². The number of non-ortho nitro benzene ring substituents is 1. The number of amides is 1. The number of hydrogen-bond donors (Lipinski definition) is 1. The molecule has 1 aromatic carbocycles. The Hall–Kier alpha value is -1.95. The van der Waals surface area contributed by atoms with Gasteiger partial charge in [0.15, 0.2) is 0 Å². The Labute approximate surface area is 99.1 Å². The lowest BCUT2D eigenvalue weighted by molar-refractivity contribution is -0.384. The molecule has 1 amide bonds. The molecule has 0 aliphatic rings. The first-order chi connectivity index (χ1) is 7.73. The van der Waals surface area contributed by atoms with Crippen molar-refractivity contribution in [2.45, 2.75) is 26.3 Å². The maximum Gasteiger partial charge on any atom is 0.269 e. The molecule has 17 heavy (non-hydrogen) atoms.